The first kappa shape index (κ1) is 14.7. The van der Waals surface area contributed by atoms with Gasteiger partial charge in [0.25, 0.3) is 0 Å². The SMILES string of the molecule is C=CCCCCCOc1ccc([B-](F)(F)F)cc1. The summed E-state index contributed by atoms with van der Waals surface area (Å²) in [6.45, 7) is -0.744. The highest BCUT2D eigenvalue weighted by atomic mass is 19.4. The van der Waals surface area contributed by atoms with E-state index in [0.717, 1.165) is 37.8 Å². The van der Waals surface area contributed by atoms with Crippen molar-refractivity contribution in [3.63, 3.8) is 0 Å². The van der Waals surface area contributed by atoms with Gasteiger partial charge in [0, 0.05) is 0 Å². The molecule has 0 bridgehead atoms. The zero-order chi connectivity index (χ0) is 13.4. The van der Waals surface area contributed by atoms with Crippen molar-refractivity contribution >= 4 is 12.4 Å². The smallest absolute Gasteiger partial charge is 0.494 e. The maximum absolute atomic E-state index is 12.4. The Balaban J connectivity index is 2.29. The van der Waals surface area contributed by atoms with E-state index in [1.807, 2.05) is 6.08 Å². The normalized spacial score (nSPS) is 11.3. The molecule has 0 heterocycles. The number of hydrogen-bond donors (Lipinski definition) is 0. The summed E-state index contributed by atoms with van der Waals surface area (Å²) in [6.07, 6.45) is 5.87. The molecule has 0 aliphatic rings. The van der Waals surface area contributed by atoms with Gasteiger partial charge in [-0.05, 0) is 37.8 Å². The minimum atomic E-state index is -4.91. The molecule has 1 aromatic carbocycles. The second-order valence-electron chi connectivity index (χ2n) is 4.13. The van der Waals surface area contributed by atoms with Gasteiger partial charge >= 0.3 is 6.98 Å². The van der Waals surface area contributed by atoms with E-state index in [1.165, 1.54) is 12.1 Å². The van der Waals surface area contributed by atoms with Crippen molar-refractivity contribution in [1.29, 1.82) is 0 Å². The standard InChI is InChI=1S/C13H17BF3O/c1-2-3-4-5-6-11-18-13-9-7-12(8-10-13)14(15,16)17/h2,7-10H,1,3-6,11H2/q-1. The number of unbranched alkanes of at least 4 members (excludes halogenated alkanes) is 3. The van der Waals surface area contributed by atoms with Gasteiger partial charge in [-0.1, -0.05) is 18.2 Å². The van der Waals surface area contributed by atoms with Gasteiger partial charge in [0.2, 0.25) is 0 Å². The van der Waals surface area contributed by atoms with Gasteiger partial charge in [-0.3, -0.25) is 0 Å². The van der Waals surface area contributed by atoms with Crippen LogP contribution in [0.15, 0.2) is 36.9 Å². The Kier molecular flexibility index (Phi) is 5.82. The van der Waals surface area contributed by atoms with Crippen molar-refractivity contribution in [2.45, 2.75) is 25.7 Å². The first-order valence-electron chi connectivity index (χ1n) is 6.07. The Hall–Kier alpha value is -1.39. The van der Waals surface area contributed by atoms with E-state index in [4.69, 9.17) is 4.74 Å². The van der Waals surface area contributed by atoms with Crippen molar-refractivity contribution in [3.05, 3.63) is 36.9 Å². The number of rotatable bonds is 8. The van der Waals surface area contributed by atoms with Gasteiger partial charge in [0.1, 0.15) is 5.75 Å². The molecule has 100 valence electrons. The van der Waals surface area contributed by atoms with E-state index >= 15 is 0 Å². The molecule has 18 heavy (non-hydrogen) atoms. The molecule has 0 aromatic heterocycles. The van der Waals surface area contributed by atoms with E-state index in [1.54, 1.807) is 0 Å². The average Bonchev–Trinajstić information content (AvgIpc) is 2.33. The molecule has 0 spiro atoms. The summed E-state index contributed by atoms with van der Waals surface area (Å²) in [6, 6.07) is 4.86. The third-order valence-corrected chi connectivity index (χ3v) is 2.58. The zero-order valence-corrected chi connectivity index (χ0v) is 10.2. The number of halogens is 3. The fourth-order valence-corrected chi connectivity index (χ4v) is 1.54. The van der Waals surface area contributed by atoms with Crippen LogP contribution in [-0.4, -0.2) is 13.6 Å². The quantitative estimate of drug-likeness (QED) is 0.390. The van der Waals surface area contributed by atoms with Crippen LogP contribution in [0.1, 0.15) is 25.7 Å². The average molecular weight is 257 g/mol. The largest absolute Gasteiger partial charge is 0.509 e. The van der Waals surface area contributed by atoms with E-state index in [-0.39, 0.29) is 0 Å². The van der Waals surface area contributed by atoms with Crippen LogP contribution in [-0.2, 0) is 0 Å². The second kappa shape index (κ2) is 7.14. The van der Waals surface area contributed by atoms with Crippen LogP contribution in [0.25, 0.3) is 0 Å². The number of ether oxygens (including phenoxy) is 1. The predicted molar refractivity (Wildman–Crippen MR) is 69.3 cm³/mol. The Morgan fingerprint density at radius 2 is 1.72 bits per heavy atom. The molecule has 0 N–H and O–H groups in total. The van der Waals surface area contributed by atoms with Gasteiger partial charge in [-0.25, -0.2) is 0 Å². The van der Waals surface area contributed by atoms with Crippen LogP contribution >= 0.6 is 0 Å². The van der Waals surface area contributed by atoms with Crippen molar-refractivity contribution < 1.29 is 17.7 Å². The molecule has 0 fully saturated rings. The number of hydrogen-bond acceptors (Lipinski definition) is 1. The highest BCUT2D eigenvalue weighted by Gasteiger charge is 2.24. The Morgan fingerprint density at radius 3 is 2.28 bits per heavy atom. The Labute approximate surface area is 106 Å². The van der Waals surface area contributed by atoms with Crippen LogP contribution in [0.4, 0.5) is 12.9 Å². The van der Waals surface area contributed by atoms with Crippen LogP contribution in [0.2, 0.25) is 0 Å². The van der Waals surface area contributed by atoms with E-state index in [0.29, 0.717) is 12.4 Å². The van der Waals surface area contributed by atoms with Gasteiger partial charge in [-0.15, -0.1) is 12.0 Å². The van der Waals surface area contributed by atoms with E-state index < -0.39 is 12.4 Å². The van der Waals surface area contributed by atoms with Crippen molar-refractivity contribution in [1.82, 2.24) is 0 Å². The summed E-state index contributed by atoms with van der Waals surface area (Å²) in [7, 11) is 0. The molecule has 1 nitrogen and oxygen atoms in total. The minimum absolute atomic E-state index is 0.488. The summed E-state index contributed by atoms with van der Waals surface area (Å²) in [5.41, 5.74) is -0.590. The molecule has 0 atom stereocenters. The van der Waals surface area contributed by atoms with Crippen molar-refractivity contribution in [3.8, 4) is 5.75 Å². The lowest BCUT2D eigenvalue weighted by atomic mass is 9.80. The molecule has 1 rings (SSSR count). The summed E-state index contributed by atoms with van der Waals surface area (Å²) < 4.78 is 42.4. The molecular weight excluding hydrogens is 240 g/mol. The van der Waals surface area contributed by atoms with Gasteiger partial charge in [-0.2, -0.15) is 0 Å². The van der Waals surface area contributed by atoms with Crippen LogP contribution in [0.5, 0.6) is 5.75 Å². The summed E-state index contributed by atoms with van der Waals surface area (Å²) in [5, 5.41) is 0. The monoisotopic (exact) mass is 257 g/mol. The molecule has 0 aliphatic carbocycles. The first-order chi connectivity index (χ1) is 8.54. The van der Waals surface area contributed by atoms with Crippen molar-refractivity contribution in [2.75, 3.05) is 6.61 Å². The highest BCUT2D eigenvalue weighted by molar-refractivity contribution is 6.73. The van der Waals surface area contributed by atoms with E-state index in [2.05, 4.69) is 6.58 Å². The summed E-state index contributed by atoms with van der Waals surface area (Å²) >= 11 is 0. The lowest BCUT2D eigenvalue weighted by molar-refractivity contribution is 0.305. The molecule has 0 amide bonds. The molecule has 5 heteroatoms. The van der Waals surface area contributed by atoms with Gasteiger partial charge in [0.05, 0.1) is 6.61 Å². The van der Waals surface area contributed by atoms with Crippen LogP contribution < -0.4 is 10.2 Å². The van der Waals surface area contributed by atoms with Crippen LogP contribution in [0.3, 0.4) is 0 Å². The number of allylic oxidation sites excluding steroid dienone is 1. The third kappa shape index (κ3) is 5.30. The molecule has 0 saturated heterocycles. The lowest BCUT2D eigenvalue weighted by Gasteiger charge is -2.15. The third-order valence-electron chi connectivity index (χ3n) is 2.58. The fraction of sp³-hybridized carbons (Fsp3) is 0.385. The minimum Gasteiger partial charge on any atom is -0.494 e. The molecule has 0 unspecified atom stereocenters. The lowest BCUT2D eigenvalue weighted by Crippen LogP contribution is -2.33. The van der Waals surface area contributed by atoms with Gasteiger partial charge < -0.3 is 17.7 Å². The van der Waals surface area contributed by atoms with Crippen LogP contribution in [0, 0.1) is 0 Å². The number of benzene rings is 1. The zero-order valence-electron chi connectivity index (χ0n) is 10.2. The Morgan fingerprint density at radius 1 is 1.06 bits per heavy atom. The molecular formula is C13H17BF3O-. The molecule has 0 radical (unpaired) electrons. The molecule has 1 aromatic rings. The van der Waals surface area contributed by atoms with Gasteiger partial charge in [0.15, 0.2) is 0 Å². The predicted octanol–water partition coefficient (Wildman–Crippen LogP) is 3.87. The Bertz CT molecular complexity index is 359. The second-order valence-corrected chi connectivity index (χ2v) is 4.13. The maximum Gasteiger partial charge on any atom is 0.509 e. The summed E-state index contributed by atoms with van der Waals surface area (Å²) in [5.74, 6) is 0.488. The summed E-state index contributed by atoms with van der Waals surface area (Å²) in [4.78, 5) is 0. The van der Waals surface area contributed by atoms with E-state index in [9.17, 15) is 12.9 Å². The molecule has 0 saturated carbocycles. The highest BCUT2D eigenvalue weighted by Crippen LogP contribution is 2.14. The maximum atomic E-state index is 12.4. The topological polar surface area (TPSA) is 9.23 Å². The van der Waals surface area contributed by atoms with Crippen molar-refractivity contribution in [2.24, 2.45) is 0 Å². The first-order valence-corrected chi connectivity index (χ1v) is 6.07. The fourth-order valence-electron chi connectivity index (χ4n) is 1.54. The molecule has 0 aliphatic heterocycles.